The van der Waals surface area contributed by atoms with Gasteiger partial charge in [-0.2, -0.15) is 0 Å². The maximum atomic E-state index is 10.7. The zero-order valence-corrected chi connectivity index (χ0v) is 8.14. The third kappa shape index (κ3) is 2.77. The normalized spacial score (nSPS) is 14.5. The number of aliphatic hydroxyl groups excluding tert-OH is 1. The molecule has 1 amide bonds. The summed E-state index contributed by atoms with van der Waals surface area (Å²) in [5.41, 5.74) is 0.647. The molecule has 5 nitrogen and oxygen atoms in total. The average Bonchev–Trinajstić information content (AvgIpc) is 2.17. The third-order valence-corrected chi connectivity index (χ3v) is 1.87. The number of hydrogen-bond donors (Lipinski definition) is 2. The molecule has 0 saturated carbocycles. The van der Waals surface area contributed by atoms with Gasteiger partial charge in [-0.25, -0.2) is 0 Å². The van der Waals surface area contributed by atoms with E-state index in [4.69, 9.17) is 0 Å². The molecule has 2 unspecified atom stereocenters. The molecule has 0 aromatic carbocycles. The maximum absolute atomic E-state index is 10.7. The molecule has 2 N–H and O–H groups in total. The molecule has 0 aliphatic heterocycles. The lowest BCUT2D eigenvalue weighted by molar-refractivity contribution is -0.122. The van der Waals surface area contributed by atoms with Crippen LogP contribution in [0.3, 0.4) is 0 Å². The summed E-state index contributed by atoms with van der Waals surface area (Å²) in [6, 6.07) is 0. The van der Waals surface area contributed by atoms with Crippen molar-refractivity contribution >= 4 is 5.91 Å². The minimum Gasteiger partial charge on any atom is -0.373 e. The summed E-state index contributed by atoms with van der Waals surface area (Å²) in [7, 11) is 0. The van der Waals surface area contributed by atoms with Gasteiger partial charge in [-0.3, -0.25) is 14.8 Å². The predicted molar refractivity (Wildman–Crippen MR) is 50.3 cm³/mol. The monoisotopic (exact) mass is 195 g/mol. The maximum Gasteiger partial charge on any atom is 0.218 e. The summed E-state index contributed by atoms with van der Waals surface area (Å²) in [4.78, 5) is 18.6. The predicted octanol–water partition coefficient (Wildman–Crippen LogP) is 0.0346. The van der Waals surface area contributed by atoms with Gasteiger partial charge in [0, 0.05) is 31.4 Å². The van der Waals surface area contributed by atoms with Crippen molar-refractivity contribution in [3.63, 3.8) is 0 Å². The van der Waals surface area contributed by atoms with E-state index in [0.29, 0.717) is 5.69 Å². The van der Waals surface area contributed by atoms with E-state index in [1.54, 1.807) is 25.5 Å². The van der Waals surface area contributed by atoms with E-state index in [-0.39, 0.29) is 11.8 Å². The second kappa shape index (κ2) is 4.66. The van der Waals surface area contributed by atoms with Crippen molar-refractivity contribution in [2.75, 3.05) is 0 Å². The van der Waals surface area contributed by atoms with E-state index in [1.807, 2.05) is 0 Å². The Labute approximate surface area is 82.2 Å². The second-order valence-corrected chi connectivity index (χ2v) is 3.06. The first-order valence-corrected chi connectivity index (χ1v) is 4.32. The van der Waals surface area contributed by atoms with E-state index in [0.717, 1.165) is 0 Å². The number of nitrogens with one attached hydrogen (secondary N) is 1. The Bertz CT molecular complexity index is 302. The highest BCUT2D eigenvalue weighted by Gasteiger charge is 2.17. The minimum absolute atomic E-state index is 0.270. The van der Waals surface area contributed by atoms with Crippen molar-refractivity contribution in [1.29, 1.82) is 0 Å². The van der Waals surface area contributed by atoms with Crippen LogP contribution in [0.4, 0.5) is 0 Å². The molecule has 0 aliphatic rings. The molecule has 2 atom stereocenters. The SMILES string of the molecule is CC(=O)NC(O)C(C)c1cnccn1. The zero-order chi connectivity index (χ0) is 10.6. The van der Waals surface area contributed by atoms with Crippen molar-refractivity contribution in [3.8, 4) is 0 Å². The lowest BCUT2D eigenvalue weighted by Crippen LogP contribution is -2.37. The van der Waals surface area contributed by atoms with E-state index in [2.05, 4.69) is 15.3 Å². The Balaban J connectivity index is 2.65. The summed E-state index contributed by atoms with van der Waals surface area (Å²) in [6.07, 6.45) is 3.74. The number of hydrogen-bond acceptors (Lipinski definition) is 4. The number of nitrogens with zero attached hydrogens (tertiary/aromatic N) is 2. The van der Waals surface area contributed by atoms with Gasteiger partial charge in [0.25, 0.3) is 0 Å². The van der Waals surface area contributed by atoms with Crippen LogP contribution in [-0.2, 0) is 4.79 Å². The molecule has 0 aliphatic carbocycles. The van der Waals surface area contributed by atoms with Gasteiger partial charge in [0.2, 0.25) is 5.91 Å². The molecule has 1 aromatic heterocycles. The van der Waals surface area contributed by atoms with E-state index in [1.165, 1.54) is 6.92 Å². The summed E-state index contributed by atoms with van der Waals surface area (Å²) >= 11 is 0. The fourth-order valence-electron chi connectivity index (χ4n) is 1.04. The standard InChI is InChI=1S/C9H13N3O2/c1-6(9(14)12-7(2)13)8-5-10-3-4-11-8/h3-6,9,14H,1-2H3,(H,12,13). The Morgan fingerprint density at radius 3 is 2.79 bits per heavy atom. The highest BCUT2D eigenvalue weighted by molar-refractivity contribution is 5.73. The average molecular weight is 195 g/mol. The van der Waals surface area contributed by atoms with Gasteiger partial charge in [0.15, 0.2) is 0 Å². The van der Waals surface area contributed by atoms with Crippen LogP contribution < -0.4 is 5.32 Å². The van der Waals surface area contributed by atoms with Crippen LogP contribution in [0.25, 0.3) is 0 Å². The van der Waals surface area contributed by atoms with Crippen molar-refractivity contribution in [1.82, 2.24) is 15.3 Å². The molecule has 0 spiro atoms. The number of rotatable bonds is 3. The molecular formula is C9H13N3O2. The van der Waals surface area contributed by atoms with Gasteiger partial charge >= 0.3 is 0 Å². The molecular weight excluding hydrogens is 182 g/mol. The third-order valence-electron chi connectivity index (χ3n) is 1.87. The topological polar surface area (TPSA) is 75.1 Å². The van der Waals surface area contributed by atoms with Crippen molar-refractivity contribution in [3.05, 3.63) is 24.3 Å². The lowest BCUT2D eigenvalue weighted by Gasteiger charge is -2.18. The first-order chi connectivity index (χ1) is 6.61. The molecule has 0 saturated heterocycles. The van der Waals surface area contributed by atoms with Crippen LogP contribution in [0.1, 0.15) is 25.5 Å². The molecule has 14 heavy (non-hydrogen) atoms. The molecule has 1 rings (SSSR count). The first-order valence-electron chi connectivity index (χ1n) is 4.32. The number of amides is 1. The van der Waals surface area contributed by atoms with Gasteiger partial charge in [0.1, 0.15) is 6.23 Å². The van der Waals surface area contributed by atoms with Gasteiger partial charge in [-0.15, -0.1) is 0 Å². The van der Waals surface area contributed by atoms with Crippen molar-refractivity contribution < 1.29 is 9.90 Å². The number of aromatic nitrogens is 2. The fourth-order valence-corrected chi connectivity index (χ4v) is 1.04. The summed E-state index contributed by atoms with van der Waals surface area (Å²) in [6.45, 7) is 3.12. The van der Waals surface area contributed by atoms with Crippen LogP contribution in [0.5, 0.6) is 0 Å². The summed E-state index contributed by atoms with van der Waals surface area (Å²) < 4.78 is 0. The number of carbonyl (C=O) groups is 1. The lowest BCUT2D eigenvalue weighted by atomic mass is 10.1. The summed E-state index contributed by atoms with van der Waals surface area (Å²) in [5, 5.41) is 11.9. The van der Waals surface area contributed by atoms with E-state index < -0.39 is 6.23 Å². The van der Waals surface area contributed by atoms with Crippen molar-refractivity contribution in [2.45, 2.75) is 26.0 Å². The van der Waals surface area contributed by atoms with Gasteiger partial charge in [-0.1, -0.05) is 6.92 Å². The van der Waals surface area contributed by atoms with Crippen LogP contribution in [-0.4, -0.2) is 27.2 Å². The molecule has 76 valence electrons. The Kier molecular flexibility index (Phi) is 3.53. The largest absolute Gasteiger partial charge is 0.373 e. The van der Waals surface area contributed by atoms with Crippen LogP contribution in [0.2, 0.25) is 0 Å². The van der Waals surface area contributed by atoms with Crippen LogP contribution in [0.15, 0.2) is 18.6 Å². The minimum atomic E-state index is -0.927. The zero-order valence-electron chi connectivity index (χ0n) is 8.14. The number of carbonyl (C=O) groups excluding carboxylic acids is 1. The Morgan fingerprint density at radius 2 is 2.29 bits per heavy atom. The Morgan fingerprint density at radius 1 is 1.57 bits per heavy atom. The molecule has 5 heteroatoms. The Hall–Kier alpha value is -1.49. The summed E-state index contributed by atoms with van der Waals surface area (Å²) in [5.74, 6) is -0.541. The second-order valence-electron chi connectivity index (χ2n) is 3.06. The van der Waals surface area contributed by atoms with Gasteiger partial charge in [-0.05, 0) is 0 Å². The van der Waals surface area contributed by atoms with Gasteiger partial charge in [0.05, 0.1) is 5.69 Å². The first kappa shape index (κ1) is 10.6. The van der Waals surface area contributed by atoms with Gasteiger partial charge < -0.3 is 10.4 Å². The molecule has 1 aromatic rings. The molecule has 0 radical (unpaired) electrons. The number of aliphatic hydroxyl groups is 1. The van der Waals surface area contributed by atoms with E-state index in [9.17, 15) is 9.90 Å². The quantitative estimate of drug-likeness (QED) is 0.667. The molecule has 0 bridgehead atoms. The molecule has 0 fully saturated rings. The highest BCUT2D eigenvalue weighted by Crippen LogP contribution is 2.13. The van der Waals surface area contributed by atoms with E-state index >= 15 is 0 Å². The molecule has 1 heterocycles. The van der Waals surface area contributed by atoms with Crippen molar-refractivity contribution in [2.24, 2.45) is 0 Å². The smallest absolute Gasteiger partial charge is 0.218 e. The highest BCUT2D eigenvalue weighted by atomic mass is 16.3. The van der Waals surface area contributed by atoms with Crippen LogP contribution in [0, 0.1) is 0 Å². The van der Waals surface area contributed by atoms with Crippen LogP contribution >= 0.6 is 0 Å². The fraction of sp³-hybridized carbons (Fsp3) is 0.444.